The van der Waals surface area contributed by atoms with E-state index in [0.29, 0.717) is 45.9 Å². The van der Waals surface area contributed by atoms with Gasteiger partial charge in [0.05, 0.1) is 58.9 Å². The third-order valence-corrected chi connectivity index (χ3v) is 21.4. The van der Waals surface area contributed by atoms with Crippen LogP contribution in [0.25, 0.3) is 0 Å². The summed E-state index contributed by atoms with van der Waals surface area (Å²) < 4.78 is 190. The maximum atomic E-state index is 13.0. The summed E-state index contributed by atoms with van der Waals surface area (Å²) in [6, 6.07) is 80.6. The van der Waals surface area contributed by atoms with Crippen molar-refractivity contribution in [3.05, 3.63) is 394 Å². The highest BCUT2D eigenvalue weighted by atomic mass is 32.2. The normalized spacial score (nSPS) is 12.5. The standard InChI is InChI=1S/C22H20O5S.2C15H16O3S.C14H12N2O7S.C14H13NO5S.C9H12O9S3/c1-17-12-14-20(15-13-17)27-28(25)26-16-22(24,19-10-6-3-7-11-19)21(23)18-8-4-2-5-9-18;2*1-12-3-7-14(8-4-12)11-17-19(16)18-15-9-5-13(2)6-10-15;1-10-5-7-11(8-6-10)23-24(21)22-9-12-13(15(17)18)3-2-4-14(12)16(19)20;1-11-6-8-13(9-7-11)20-21(18)19-10-12-4-2-3-5-14(12)15(16)17;1-19(10,11)16-7-5-4-6-8(17-20(2,12)13)9(7)18-21(3,14)15/h2-15,24H,16H2,1H3;2*3-10H,11H2,1-2H3;2-8H,9H2,1H3;2-9H,10H2,1H3;4-6H,1-3H3. The molecule has 0 amide bonds. The number of aliphatic hydroxyl groups is 1. The van der Waals surface area contributed by atoms with E-state index in [1.165, 1.54) is 29.3 Å². The SMILES string of the molecule is CS(=O)(=O)Oc1cccc(OS(C)(=O)=O)c1OS(C)(=O)=O.Cc1ccc(COS(=O)Oc2ccc(C)cc2)cc1.Cc1ccc(COS(=O)Oc2ccc(C)cc2)cc1.Cc1ccc(OS(=O)OCC(O)(C(=O)c2ccccc2)c2ccccc2)cc1.Cc1ccc(OS(=O)OCc2c([N+](=O)[O-])cccc2[N+](=O)[O-])cc1.Cc1ccc(OS(=O)OCc2ccccc2[N+](=O)[O-])cc1. The van der Waals surface area contributed by atoms with Crippen LogP contribution in [0.4, 0.5) is 17.1 Å². The van der Waals surface area contributed by atoms with Crippen LogP contribution in [0.5, 0.6) is 46.0 Å². The molecule has 43 heteroatoms. The van der Waals surface area contributed by atoms with Crippen molar-refractivity contribution in [2.24, 2.45) is 0 Å². The van der Waals surface area contributed by atoms with Gasteiger partial charge in [0.1, 0.15) is 47.5 Å². The molecular formula is C89H89N3O32S8. The lowest BCUT2D eigenvalue weighted by Gasteiger charge is -2.26. The van der Waals surface area contributed by atoms with Gasteiger partial charge in [0.25, 0.3) is 17.1 Å². The first kappa shape index (κ1) is 106. The lowest BCUT2D eigenvalue weighted by Crippen LogP contribution is -2.41. The Bertz CT molecular complexity index is 6110. The van der Waals surface area contributed by atoms with Crippen molar-refractivity contribution in [2.45, 2.75) is 80.5 Å². The Balaban J connectivity index is 0.000000218. The van der Waals surface area contributed by atoms with E-state index >= 15 is 0 Å². The number of rotatable bonds is 37. The molecule has 132 heavy (non-hydrogen) atoms. The molecule has 1 N–H and O–H groups in total. The van der Waals surface area contributed by atoms with Gasteiger partial charge in [0.2, 0.25) is 11.5 Å². The molecule has 0 fully saturated rings. The molecule has 0 spiro atoms. The molecular weight excluding hydrogens is 1880 g/mol. The van der Waals surface area contributed by atoms with Gasteiger partial charge in [-0.3, -0.25) is 56.1 Å². The number of nitro groups is 3. The number of hydrogen-bond acceptors (Lipinski definition) is 32. The van der Waals surface area contributed by atoms with Gasteiger partial charge in [-0.05, 0) is 150 Å². The zero-order valence-electron chi connectivity index (χ0n) is 72.0. The second-order valence-electron chi connectivity index (χ2n) is 27.8. The molecule has 0 aromatic heterocycles. The van der Waals surface area contributed by atoms with E-state index in [1.807, 2.05) is 146 Å². The summed E-state index contributed by atoms with van der Waals surface area (Å²) in [7, 11) is -12.1. The Morgan fingerprint density at radius 2 is 0.598 bits per heavy atom. The number of benzene rings is 12. The minimum Gasteiger partial charge on any atom is -0.380 e. The average molecular weight is 1970 g/mol. The highest BCUT2D eigenvalue weighted by Crippen LogP contribution is 2.40. The highest BCUT2D eigenvalue weighted by molar-refractivity contribution is 7.87. The Hall–Kier alpha value is -12.7. The van der Waals surface area contributed by atoms with Gasteiger partial charge in [-0.15, -0.1) is 0 Å². The molecule has 0 aliphatic rings. The molecule has 12 aromatic carbocycles. The average Bonchev–Trinajstić information content (AvgIpc) is 0.791. The molecule has 0 aliphatic carbocycles. The van der Waals surface area contributed by atoms with Crippen LogP contribution in [0.2, 0.25) is 0 Å². The van der Waals surface area contributed by atoms with E-state index in [4.69, 9.17) is 41.8 Å². The minimum atomic E-state index is -4.08. The summed E-state index contributed by atoms with van der Waals surface area (Å²) >= 11 is -10.0. The van der Waals surface area contributed by atoms with Gasteiger partial charge in [-0.25, -0.2) is 0 Å². The zero-order valence-corrected chi connectivity index (χ0v) is 78.5. The fourth-order valence-corrected chi connectivity index (χ4v) is 14.4. The van der Waals surface area contributed by atoms with Crippen LogP contribution in [0.1, 0.15) is 77.1 Å². The van der Waals surface area contributed by atoms with Crippen LogP contribution < -0.4 is 33.5 Å². The van der Waals surface area contributed by atoms with Crippen LogP contribution in [-0.2, 0) is 140 Å². The molecule has 6 unspecified atom stereocenters. The maximum absolute atomic E-state index is 13.0. The van der Waals surface area contributed by atoms with E-state index in [-0.39, 0.29) is 36.8 Å². The van der Waals surface area contributed by atoms with Crippen LogP contribution >= 0.6 is 0 Å². The maximum Gasteiger partial charge on any atom is 0.360 e. The van der Waals surface area contributed by atoms with E-state index in [1.54, 1.807) is 152 Å². The van der Waals surface area contributed by atoms with Crippen LogP contribution in [0.15, 0.2) is 291 Å². The summed E-state index contributed by atoms with van der Waals surface area (Å²) in [5.74, 6) is -0.171. The van der Waals surface area contributed by atoms with Gasteiger partial charge in [-0.2, -0.15) is 46.3 Å². The number of Topliss-reactive ketones (excluding diaryl/α,β-unsaturated/α-hetero) is 1. The minimum absolute atomic E-state index is 0.0789. The molecule has 700 valence electrons. The molecule has 0 radical (unpaired) electrons. The molecule has 0 saturated carbocycles. The largest absolute Gasteiger partial charge is 0.380 e. The smallest absolute Gasteiger partial charge is 0.360 e. The van der Waals surface area contributed by atoms with Gasteiger partial charge in [0, 0.05) is 23.8 Å². The number of nitrogens with zero attached hydrogens (tertiary/aromatic N) is 3. The van der Waals surface area contributed by atoms with Crippen molar-refractivity contribution in [2.75, 3.05) is 25.4 Å². The topological polar surface area (TPSA) is 474 Å². The molecule has 0 heterocycles. The van der Waals surface area contributed by atoms with E-state index in [9.17, 15) is 86.5 Å². The molecule has 35 nitrogen and oxygen atoms in total. The number of aryl methyl sites for hydroxylation is 7. The number of carbonyl (C=O) groups is 1. The number of para-hydroxylation sites is 2. The number of nitro benzene ring substituents is 3. The van der Waals surface area contributed by atoms with Crippen LogP contribution in [0.3, 0.4) is 0 Å². The van der Waals surface area contributed by atoms with Crippen molar-refractivity contribution in [3.63, 3.8) is 0 Å². The first-order valence-corrected chi connectivity index (χ1v) is 48.8. The Morgan fingerprint density at radius 3 is 0.924 bits per heavy atom. The van der Waals surface area contributed by atoms with E-state index in [2.05, 4.69) is 12.5 Å². The predicted octanol–water partition coefficient (Wildman–Crippen LogP) is 16.5. The summed E-state index contributed by atoms with van der Waals surface area (Å²) in [4.78, 5) is 43.8. The second kappa shape index (κ2) is 52.3. The molecule has 12 rings (SSSR count). The third-order valence-electron chi connectivity index (χ3n) is 16.8. The first-order valence-electron chi connectivity index (χ1n) is 38.4. The highest BCUT2D eigenvalue weighted by Gasteiger charge is 2.40. The number of hydrogen-bond donors (Lipinski definition) is 1. The second-order valence-corrected chi connectivity index (χ2v) is 36.6. The Morgan fingerprint density at radius 1 is 0.326 bits per heavy atom. The van der Waals surface area contributed by atoms with E-state index in [0.717, 1.165) is 75.7 Å². The monoisotopic (exact) mass is 1970 g/mol. The molecule has 6 atom stereocenters. The van der Waals surface area contributed by atoms with Crippen molar-refractivity contribution in [3.8, 4) is 46.0 Å². The fraction of sp³-hybridized carbons (Fsp3) is 0.180. The summed E-state index contributed by atoms with van der Waals surface area (Å²) in [6.45, 7) is 12.9. The summed E-state index contributed by atoms with van der Waals surface area (Å²) in [5, 5.41) is 44.0. The first-order chi connectivity index (χ1) is 62.5. The zero-order chi connectivity index (χ0) is 96.7. The Kier molecular flexibility index (Phi) is 42.2. The molecule has 0 aliphatic heterocycles. The predicted molar refractivity (Wildman–Crippen MR) is 494 cm³/mol. The Labute approximate surface area is 775 Å². The number of carbonyl (C=O) groups excluding carboxylic acids is 1. The van der Waals surface area contributed by atoms with Gasteiger partial charge < -0.3 is 38.6 Å². The van der Waals surface area contributed by atoms with Crippen LogP contribution in [-0.4, -0.2) is 97.3 Å². The van der Waals surface area contributed by atoms with Crippen molar-refractivity contribution >= 4 is 110 Å². The third kappa shape index (κ3) is 39.1. The quantitative estimate of drug-likeness (QED) is 0.0163. The lowest BCUT2D eigenvalue weighted by atomic mass is 9.86. The van der Waals surface area contributed by atoms with Gasteiger partial charge in [-0.1, -0.05) is 227 Å². The molecule has 0 bridgehead atoms. The summed E-state index contributed by atoms with van der Waals surface area (Å²) in [5.41, 5.74) is 7.25. The van der Waals surface area contributed by atoms with E-state index < -0.39 is 155 Å². The van der Waals surface area contributed by atoms with Crippen molar-refractivity contribution < 1.29 is 125 Å². The van der Waals surface area contributed by atoms with Crippen molar-refractivity contribution in [1.82, 2.24) is 0 Å². The summed E-state index contributed by atoms with van der Waals surface area (Å²) in [6.07, 6.45) is 2.14. The van der Waals surface area contributed by atoms with Gasteiger partial charge in [0.15, 0.2) is 17.1 Å². The number of ketones is 1. The van der Waals surface area contributed by atoms with Crippen molar-refractivity contribution in [1.29, 1.82) is 0 Å². The van der Waals surface area contributed by atoms with Crippen LogP contribution in [0, 0.1) is 78.8 Å². The molecule has 0 saturated heterocycles. The fourth-order valence-electron chi connectivity index (χ4n) is 10.3. The molecule has 12 aromatic rings. The lowest BCUT2D eigenvalue weighted by molar-refractivity contribution is -0.396. The van der Waals surface area contributed by atoms with Gasteiger partial charge >= 0.3 is 87.2 Å².